The normalized spacial score (nSPS) is 11.0. The molecule has 0 amide bonds. The van der Waals surface area contributed by atoms with E-state index in [1.165, 1.54) is 0 Å². The highest BCUT2D eigenvalue weighted by atomic mass is 35.5. The fraction of sp³-hybridized carbons (Fsp3) is 0.143. The number of azo groups is 1. The van der Waals surface area contributed by atoms with E-state index < -0.39 is 0 Å². The lowest BCUT2D eigenvalue weighted by atomic mass is 10.1. The van der Waals surface area contributed by atoms with Gasteiger partial charge in [0.2, 0.25) is 0 Å². The molecule has 0 heterocycles. The smallest absolute Gasteiger partial charge is 0.147 e. The Balaban J connectivity index is 2.35. The lowest BCUT2D eigenvalue weighted by molar-refractivity contribution is 0.471. The maximum atomic E-state index is 9.95. The third-order valence-electron chi connectivity index (χ3n) is 2.49. The van der Waals surface area contributed by atoms with Gasteiger partial charge in [0.15, 0.2) is 0 Å². The summed E-state index contributed by atoms with van der Waals surface area (Å²) in [5.41, 5.74) is 2.84. The zero-order valence-electron chi connectivity index (χ0n) is 9.97. The number of hydrogen-bond donors (Lipinski definition) is 1. The molecular weight excluding hydrogens is 248 g/mol. The number of benzene rings is 2. The van der Waals surface area contributed by atoms with Gasteiger partial charge in [0.25, 0.3) is 0 Å². The maximum Gasteiger partial charge on any atom is 0.147 e. The van der Waals surface area contributed by atoms with Crippen LogP contribution in [0.4, 0.5) is 11.4 Å². The van der Waals surface area contributed by atoms with E-state index in [1.54, 1.807) is 6.07 Å². The van der Waals surface area contributed by atoms with Gasteiger partial charge >= 0.3 is 0 Å². The molecule has 0 aliphatic carbocycles. The predicted molar refractivity (Wildman–Crippen MR) is 73.0 cm³/mol. The molecule has 0 unspecified atom stereocenters. The molecule has 0 bridgehead atoms. The van der Waals surface area contributed by atoms with Crippen LogP contribution in [0.25, 0.3) is 0 Å². The second-order valence-electron chi connectivity index (χ2n) is 3.96. The van der Waals surface area contributed by atoms with Gasteiger partial charge in [-0.2, -0.15) is 5.11 Å². The molecule has 0 saturated heterocycles. The number of aryl methyl sites for hydroxylation is 1. The van der Waals surface area contributed by atoms with Gasteiger partial charge in [-0.15, -0.1) is 16.7 Å². The van der Waals surface area contributed by atoms with E-state index in [0.29, 0.717) is 11.3 Å². The minimum Gasteiger partial charge on any atom is -0.505 e. The molecule has 1 N–H and O–H groups in total. The van der Waals surface area contributed by atoms with Gasteiger partial charge in [-0.3, -0.25) is 0 Å². The van der Waals surface area contributed by atoms with E-state index in [9.17, 15) is 5.11 Å². The van der Waals surface area contributed by atoms with Crippen molar-refractivity contribution in [2.24, 2.45) is 10.2 Å². The summed E-state index contributed by atoms with van der Waals surface area (Å²) in [5, 5.41) is 18.1. The molecule has 0 aromatic heterocycles. The van der Waals surface area contributed by atoms with Crippen LogP contribution in [0.15, 0.2) is 52.7 Å². The van der Waals surface area contributed by atoms with Gasteiger partial charge in [0.1, 0.15) is 11.4 Å². The van der Waals surface area contributed by atoms with E-state index in [2.05, 4.69) is 10.2 Å². The number of rotatable bonds is 3. The first-order valence-electron chi connectivity index (χ1n) is 5.56. The van der Waals surface area contributed by atoms with Crippen LogP contribution in [0.2, 0.25) is 0 Å². The zero-order valence-corrected chi connectivity index (χ0v) is 10.7. The fourth-order valence-electron chi connectivity index (χ4n) is 1.62. The molecule has 0 radical (unpaired) electrons. The number of hydrogen-bond acceptors (Lipinski definition) is 3. The Morgan fingerprint density at radius 2 is 1.83 bits per heavy atom. The predicted octanol–water partition coefficient (Wildman–Crippen LogP) is 4.85. The van der Waals surface area contributed by atoms with Crippen LogP contribution in [0, 0.1) is 6.92 Å². The number of nitrogens with zero attached hydrogens (tertiary/aromatic N) is 2. The molecule has 18 heavy (non-hydrogen) atoms. The zero-order chi connectivity index (χ0) is 13.0. The molecule has 2 aromatic carbocycles. The summed E-state index contributed by atoms with van der Waals surface area (Å²) in [7, 11) is 0. The van der Waals surface area contributed by atoms with E-state index in [1.807, 2.05) is 43.3 Å². The highest BCUT2D eigenvalue weighted by molar-refractivity contribution is 6.17. The minimum atomic E-state index is 0.0929. The van der Waals surface area contributed by atoms with E-state index >= 15 is 0 Å². The largest absolute Gasteiger partial charge is 0.505 e. The fourth-order valence-corrected chi connectivity index (χ4v) is 1.82. The Kier molecular flexibility index (Phi) is 3.95. The van der Waals surface area contributed by atoms with Gasteiger partial charge in [0, 0.05) is 5.56 Å². The molecule has 0 spiro atoms. The average molecular weight is 261 g/mol. The standard InChI is InChI=1S/C14H13ClN2O/c1-10-7-11(9-15)14(18)13(8-10)17-16-12-5-3-2-4-6-12/h2-8,18H,9H2,1H3. The monoisotopic (exact) mass is 260 g/mol. The van der Waals surface area contributed by atoms with Gasteiger partial charge in [0.05, 0.1) is 11.6 Å². The van der Waals surface area contributed by atoms with Gasteiger partial charge < -0.3 is 5.11 Å². The maximum absolute atomic E-state index is 9.95. The molecule has 0 aliphatic heterocycles. The topological polar surface area (TPSA) is 45.0 Å². The highest BCUT2D eigenvalue weighted by Crippen LogP contribution is 2.33. The molecule has 92 valence electrons. The van der Waals surface area contributed by atoms with Crippen molar-refractivity contribution in [1.29, 1.82) is 0 Å². The van der Waals surface area contributed by atoms with Gasteiger partial charge in [-0.05, 0) is 30.7 Å². The first-order valence-corrected chi connectivity index (χ1v) is 6.09. The number of alkyl halides is 1. The van der Waals surface area contributed by atoms with Crippen molar-refractivity contribution < 1.29 is 5.11 Å². The summed E-state index contributed by atoms with van der Waals surface area (Å²) in [6, 6.07) is 13.0. The van der Waals surface area contributed by atoms with E-state index in [0.717, 1.165) is 11.3 Å². The summed E-state index contributed by atoms with van der Waals surface area (Å²) in [6.07, 6.45) is 0. The molecular formula is C14H13ClN2O. The van der Waals surface area contributed by atoms with Crippen molar-refractivity contribution in [2.45, 2.75) is 12.8 Å². The number of phenolic OH excluding ortho intramolecular Hbond substituents is 1. The summed E-state index contributed by atoms with van der Waals surface area (Å²) in [6.45, 7) is 1.93. The van der Waals surface area contributed by atoms with Crippen LogP contribution in [-0.4, -0.2) is 5.11 Å². The van der Waals surface area contributed by atoms with Crippen molar-refractivity contribution in [2.75, 3.05) is 0 Å². The summed E-state index contributed by atoms with van der Waals surface area (Å²) < 4.78 is 0. The molecule has 0 saturated carbocycles. The summed E-state index contributed by atoms with van der Waals surface area (Å²) in [4.78, 5) is 0. The number of halogens is 1. The minimum absolute atomic E-state index is 0.0929. The number of phenols is 1. The van der Waals surface area contributed by atoms with Crippen LogP contribution in [0.3, 0.4) is 0 Å². The third kappa shape index (κ3) is 2.87. The molecule has 0 aliphatic rings. The quantitative estimate of drug-likeness (QED) is 0.622. The van der Waals surface area contributed by atoms with Crippen molar-refractivity contribution >= 4 is 23.0 Å². The van der Waals surface area contributed by atoms with Crippen LogP contribution in [0.1, 0.15) is 11.1 Å². The Hall–Kier alpha value is -1.87. The summed E-state index contributed by atoms with van der Waals surface area (Å²) in [5.74, 6) is 0.344. The van der Waals surface area contributed by atoms with Crippen molar-refractivity contribution in [1.82, 2.24) is 0 Å². The molecule has 0 fully saturated rings. The number of aromatic hydroxyl groups is 1. The van der Waals surface area contributed by atoms with Crippen molar-refractivity contribution in [3.05, 3.63) is 53.6 Å². The molecule has 4 heteroatoms. The molecule has 3 nitrogen and oxygen atoms in total. The van der Waals surface area contributed by atoms with Crippen molar-refractivity contribution in [3.8, 4) is 5.75 Å². The van der Waals surface area contributed by atoms with Crippen LogP contribution < -0.4 is 0 Å². The van der Waals surface area contributed by atoms with Crippen LogP contribution >= 0.6 is 11.6 Å². The Morgan fingerprint density at radius 3 is 2.50 bits per heavy atom. The second kappa shape index (κ2) is 5.65. The Labute approximate surface area is 111 Å². The average Bonchev–Trinajstić information content (AvgIpc) is 2.40. The molecule has 0 atom stereocenters. The lowest BCUT2D eigenvalue weighted by Crippen LogP contribution is -1.82. The first kappa shape index (κ1) is 12.6. The Bertz CT molecular complexity index is 568. The van der Waals surface area contributed by atoms with Gasteiger partial charge in [-0.25, -0.2) is 0 Å². The highest BCUT2D eigenvalue weighted by Gasteiger charge is 2.07. The third-order valence-corrected chi connectivity index (χ3v) is 2.77. The van der Waals surface area contributed by atoms with Crippen molar-refractivity contribution in [3.63, 3.8) is 0 Å². The SMILES string of the molecule is Cc1cc(CCl)c(O)c(N=Nc2ccccc2)c1. The second-order valence-corrected chi connectivity index (χ2v) is 4.23. The van der Waals surface area contributed by atoms with Crippen LogP contribution in [-0.2, 0) is 5.88 Å². The van der Waals surface area contributed by atoms with E-state index in [-0.39, 0.29) is 11.6 Å². The molecule has 2 rings (SSSR count). The molecule has 2 aromatic rings. The Morgan fingerprint density at radius 1 is 1.11 bits per heavy atom. The lowest BCUT2D eigenvalue weighted by Gasteiger charge is -2.05. The van der Waals surface area contributed by atoms with Crippen LogP contribution in [0.5, 0.6) is 5.75 Å². The van der Waals surface area contributed by atoms with E-state index in [4.69, 9.17) is 11.6 Å². The first-order chi connectivity index (χ1) is 8.70. The summed E-state index contributed by atoms with van der Waals surface area (Å²) >= 11 is 5.76. The van der Waals surface area contributed by atoms with Gasteiger partial charge in [-0.1, -0.05) is 24.3 Å².